The first-order valence-electron chi connectivity index (χ1n) is 13.2. The lowest BCUT2D eigenvalue weighted by molar-refractivity contribution is -0.00934. The normalized spacial score (nSPS) is 49.3. The van der Waals surface area contributed by atoms with Crippen molar-refractivity contribution in [2.24, 2.45) is 35.5 Å². The van der Waals surface area contributed by atoms with Crippen molar-refractivity contribution in [3.05, 3.63) is 34.9 Å². The van der Waals surface area contributed by atoms with Crippen LogP contribution in [0, 0.1) is 35.5 Å². The van der Waals surface area contributed by atoms with Crippen LogP contribution < -0.4 is 0 Å². The Morgan fingerprint density at radius 2 is 0.897 bits per heavy atom. The fourth-order valence-corrected chi connectivity index (χ4v) is 11.0. The highest BCUT2D eigenvalue weighted by Gasteiger charge is 2.55. The molecule has 9 rings (SSSR count). The van der Waals surface area contributed by atoms with Crippen LogP contribution in [0.25, 0.3) is 0 Å². The summed E-state index contributed by atoms with van der Waals surface area (Å²) in [6.07, 6.45) is 18.5. The Balaban J connectivity index is 1.37. The summed E-state index contributed by atoms with van der Waals surface area (Å²) in [5.41, 5.74) is 6.63. The van der Waals surface area contributed by atoms with Gasteiger partial charge in [-0.1, -0.05) is 32.0 Å². The second kappa shape index (κ2) is 5.92. The zero-order chi connectivity index (χ0) is 19.4. The van der Waals surface area contributed by atoms with E-state index in [1.54, 1.807) is 38.5 Å². The van der Waals surface area contributed by atoms with Crippen LogP contribution in [0.15, 0.2) is 18.2 Å². The van der Waals surface area contributed by atoms with Crippen LogP contribution in [-0.2, 0) is 10.8 Å². The van der Waals surface area contributed by atoms with Crippen molar-refractivity contribution in [1.82, 2.24) is 0 Å². The predicted octanol–water partition coefficient (Wildman–Crippen LogP) is 7.75. The van der Waals surface area contributed by atoms with Gasteiger partial charge in [0.15, 0.2) is 0 Å². The van der Waals surface area contributed by atoms with E-state index < -0.39 is 0 Å². The predicted molar refractivity (Wildman–Crippen MR) is 120 cm³/mol. The van der Waals surface area contributed by atoms with Gasteiger partial charge in [0.05, 0.1) is 0 Å². The molecule has 1 aromatic rings. The summed E-state index contributed by atoms with van der Waals surface area (Å²) in [4.78, 5) is 0. The van der Waals surface area contributed by atoms with E-state index in [1.807, 2.05) is 16.7 Å². The Labute approximate surface area is 178 Å². The molecule has 8 aliphatic carbocycles. The molecule has 156 valence electrons. The van der Waals surface area contributed by atoms with Gasteiger partial charge in [-0.2, -0.15) is 0 Å². The van der Waals surface area contributed by atoms with Gasteiger partial charge in [-0.25, -0.2) is 0 Å². The molecule has 0 heteroatoms. The van der Waals surface area contributed by atoms with Crippen LogP contribution in [0.5, 0.6) is 0 Å². The third-order valence-corrected chi connectivity index (χ3v) is 10.9. The molecule has 0 heterocycles. The molecule has 0 atom stereocenters. The van der Waals surface area contributed by atoms with Crippen LogP contribution in [0.3, 0.4) is 0 Å². The van der Waals surface area contributed by atoms with E-state index >= 15 is 0 Å². The van der Waals surface area contributed by atoms with E-state index in [4.69, 9.17) is 0 Å². The molecular formula is C29H40. The number of hydrogen-bond acceptors (Lipinski definition) is 0. The Hall–Kier alpha value is -0.780. The van der Waals surface area contributed by atoms with Crippen molar-refractivity contribution in [3.8, 4) is 0 Å². The average molecular weight is 389 g/mol. The maximum Gasteiger partial charge on any atom is -0.00361 e. The molecule has 8 aliphatic rings. The molecule has 0 unspecified atom stereocenters. The van der Waals surface area contributed by atoms with Crippen molar-refractivity contribution in [3.63, 3.8) is 0 Å². The Morgan fingerprint density at radius 1 is 0.586 bits per heavy atom. The summed E-state index contributed by atoms with van der Waals surface area (Å²) >= 11 is 0. The maximum absolute atomic E-state index is 2.62. The third kappa shape index (κ3) is 2.50. The molecule has 0 spiro atoms. The van der Waals surface area contributed by atoms with Crippen LogP contribution in [0.1, 0.15) is 114 Å². The lowest BCUT2D eigenvalue weighted by Gasteiger charge is -2.59. The summed E-state index contributed by atoms with van der Waals surface area (Å²) in [5, 5.41) is 0. The smallest absolute Gasteiger partial charge is 0.00361 e. The zero-order valence-electron chi connectivity index (χ0n) is 18.8. The average Bonchev–Trinajstić information content (AvgIpc) is 2.65. The van der Waals surface area contributed by atoms with Gasteiger partial charge in [-0.3, -0.25) is 0 Å². The van der Waals surface area contributed by atoms with E-state index in [-0.39, 0.29) is 0 Å². The van der Waals surface area contributed by atoms with E-state index in [0.29, 0.717) is 16.7 Å². The van der Waals surface area contributed by atoms with Crippen molar-refractivity contribution < 1.29 is 0 Å². The van der Waals surface area contributed by atoms with Gasteiger partial charge in [0.2, 0.25) is 0 Å². The molecule has 0 aliphatic heterocycles. The molecule has 0 amide bonds. The van der Waals surface area contributed by atoms with Gasteiger partial charge >= 0.3 is 0 Å². The first-order valence-corrected chi connectivity index (χ1v) is 13.2. The molecule has 8 bridgehead atoms. The molecule has 0 radical (unpaired) electrons. The van der Waals surface area contributed by atoms with Crippen LogP contribution >= 0.6 is 0 Å². The monoisotopic (exact) mass is 388 g/mol. The van der Waals surface area contributed by atoms with Gasteiger partial charge < -0.3 is 0 Å². The Kier molecular flexibility index (Phi) is 3.65. The van der Waals surface area contributed by atoms with Gasteiger partial charge in [-0.05, 0) is 146 Å². The Morgan fingerprint density at radius 3 is 1.17 bits per heavy atom. The van der Waals surface area contributed by atoms with Gasteiger partial charge in [0.25, 0.3) is 0 Å². The second-order valence-corrected chi connectivity index (χ2v) is 13.3. The Bertz CT molecular complexity index is 694. The lowest BCUT2D eigenvalue weighted by atomic mass is 9.45. The molecule has 0 nitrogen and oxygen atoms in total. The minimum absolute atomic E-state index is 0.548. The quantitative estimate of drug-likeness (QED) is 0.496. The van der Waals surface area contributed by atoms with E-state index in [0.717, 1.165) is 35.5 Å². The summed E-state index contributed by atoms with van der Waals surface area (Å²) in [6.45, 7) is 5.03. The highest BCUT2D eigenvalue weighted by Crippen LogP contribution is 2.64. The van der Waals surface area contributed by atoms with Crippen LogP contribution in [0.2, 0.25) is 0 Å². The summed E-state index contributed by atoms with van der Waals surface area (Å²) in [5.74, 6) is 6.96. The van der Waals surface area contributed by atoms with E-state index in [2.05, 4.69) is 32.0 Å². The van der Waals surface area contributed by atoms with Gasteiger partial charge in [0.1, 0.15) is 0 Å². The standard InChI is InChI=1S/C29H40/c1-18(2)27-25(28-12-19-6-20(13-28)8-21(7-19)14-28)4-3-5-26(27)29-15-22-9-23(16-29)11-24(10-22)17-29/h3-5,18-24H,6-17H2,1-2H3. The van der Waals surface area contributed by atoms with E-state index in [9.17, 15) is 0 Å². The van der Waals surface area contributed by atoms with Gasteiger partial charge in [-0.15, -0.1) is 0 Å². The zero-order valence-corrected chi connectivity index (χ0v) is 18.8. The molecular weight excluding hydrogens is 348 g/mol. The lowest BCUT2D eigenvalue weighted by Crippen LogP contribution is -2.50. The molecule has 8 saturated carbocycles. The summed E-state index contributed by atoms with van der Waals surface area (Å²) < 4.78 is 0. The SMILES string of the molecule is CC(C)c1c(C23CC4CC(CC(C4)C2)C3)cccc1C12CC3CC(CC(C3)C1)C2. The molecule has 29 heavy (non-hydrogen) atoms. The minimum atomic E-state index is 0.548. The molecule has 0 aromatic heterocycles. The second-order valence-electron chi connectivity index (χ2n) is 13.3. The third-order valence-electron chi connectivity index (χ3n) is 10.9. The fourth-order valence-electron chi connectivity index (χ4n) is 11.0. The van der Waals surface area contributed by atoms with Crippen molar-refractivity contribution >= 4 is 0 Å². The van der Waals surface area contributed by atoms with Crippen molar-refractivity contribution in [2.45, 2.75) is 108 Å². The first kappa shape index (κ1) is 17.9. The number of hydrogen-bond donors (Lipinski definition) is 0. The van der Waals surface area contributed by atoms with Gasteiger partial charge in [0, 0.05) is 0 Å². The summed E-state index contributed by atoms with van der Waals surface area (Å²) in [6, 6.07) is 7.74. The first-order chi connectivity index (χ1) is 14.0. The summed E-state index contributed by atoms with van der Waals surface area (Å²) in [7, 11) is 0. The molecule has 0 saturated heterocycles. The van der Waals surface area contributed by atoms with E-state index in [1.165, 1.54) is 38.5 Å². The molecule has 0 N–H and O–H groups in total. The number of benzene rings is 1. The minimum Gasteiger partial charge on any atom is -0.0617 e. The largest absolute Gasteiger partial charge is 0.0617 e. The molecule has 8 fully saturated rings. The van der Waals surface area contributed by atoms with Crippen molar-refractivity contribution in [2.75, 3.05) is 0 Å². The van der Waals surface area contributed by atoms with Crippen molar-refractivity contribution in [1.29, 1.82) is 0 Å². The molecule has 1 aromatic carbocycles. The highest BCUT2D eigenvalue weighted by atomic mass is 14.6. The van der Waals surface area contributed by atoms with Crippen LogP contribution in [-0.4, -0.2) is 0 Å². The topological polar surface area (TPSA) is 0 Å². The van der Waals surface area contributed by atoms with Crippen LogP contribution in [0.4, 0.5) is 0 Å². The number of rotatable bonds is 3. The fraction of sp³-hybridized carbons (Fsp3) is 0.793. The highest BCUT2D eigenvalue weighted by molar-refractivity contribution is 5.48. The maximum atomic E-state index is 2.62.